The molecule has 9 heteroatoms. The first-order valence-electron chi connectivity index (χ1n) is 7.23. The number of carboxylic acid groups (broad SMARTS) is 1. The molecule has 132 valence electrons. The first-order valence-corrected chi connectivity index (χ1v) is 8.49. The Morgan fingerprint density at radius 1 is 1.46 bits per heavy atom. The molecule has 0 amide bonds. The summed E-state index contributed by atoms with van der Waals surface area (Å²) in [6.07, 6.45) is -0.124. The average molecular weight is 437 g/mol. The molecule has 2 unspecified atom stereocenters. The lowest BCUT2D eigenvalue weighted by molar-refractivity contribution is -0.533. The van der Waals surface area contributed by atoms with Crippen LogP contribution in [0.1, 0.15) is 12.0 Å². The fraction of sp³-hybridized carbons (Fsp3) is 0.467. The third kappa shape index (κ3) is 3.30. The highest BCUT2D eigenvalue weighted by atomic mass is 79.9. The maximum absolute atomic E-state index is 11.5. The van der Waals surface area contributed by atoms with Crippen molar-refractivity contribution in [3.63, 3.8) is 0 Å². The molecule has 0 aromatic heterocycles. The van der Waals surface area contributed by atoms with Crippen molar-refractivity contribution >= 4 is 34.5 Å². The van der Waals surface area contributed by atoms with Crippen molar-refractivity contribution in [1.29, 1.82) is 0 Å². The number of carboxylic acids is 1. The summed E-state index contributed by atoms with van der Waals surface area (Å²) in [6.45, 7) is 1.26. The summed E-state index contributed by atoms with van der Waals surface area (Å²) in [7, 11) is 3.90. The van der Waals surface area contributed by atoms with Gasteiger partial charge in [0.25, 0.3) is 0 Å². The summed E-state index contributed by atoms with van der Waals surface area (Å²) in [5, 5.41) is 21.7. The molecule has 0 spiro atoms. The molecule has 24 heavy (non-hydrogen) atoms. The van der Waals surface area contributed by atoms with Crippen molar-refractivity contribution in [2.45, 2.75) is 17.4 Å². The highest BCUT2D eigenvalue weighted by molar-refractivity contribution is 8.14. The smallest absolute Gasteiger partial charge is 0.313 e. The number of fused-ring (bicyclic) bond motifs is 1. The maximum atomic E-state index is 11.5. The van der Waals surface area contributed by atoms with E-state index in [1.807, 2.05) is 23.6 Å². The minimum Gasteiger partial charge on any atom is -1.00 e. The molecule has 0 radical (unpaired) electrons. The summed E-state index contributed by atoms with van der Waals surface area (Å²) in [4.78, 5) is 15.2. The van der Waals surface area contributed by atoms with E-state index in [1.54, 1.807) is 24.3 Å². The van der Waals surface area contributed by atoms with E-state index in [9.17, 15) is 15.0 Å². The quantitative estimate of drug-likeness (QED) is 0.547. The van der Waals surface area contributed by atoms with Gasteiger partial charge in [-0.15, -0.1) is 0 Å². The third-order valence-electron chi connectivity index (χ3n) is 4.13. The molecule has 2 aliphatic rings. The summed E-state index contributed by atoms with van der Waals surface area (Å²) in [5.41, 5.74) is -0.731. The van der Waals surface area contributed by atoms with E-state index in [0.717, 1.165) is 11.8 Å². The molecule has 1 aromatic rings. The van der Waals surface area contributed by atoms with E-state index in [0.29, 0.717) is 17.3 Å². The highest BCUT2D eigenvalue weighted by Crippen LogP contribution is 2.47. The largest absolute Gasteiger partial charge is 1.00 e. The van der Waals surface area contributed by atoms with Crippen LogP contribution in [0.5, 0.6) is 0 Å². The number of amidine groups is 1. The topological polar surface area (TPSA) is 67.0 Å². The number of hydrogen-bond donors (Lipinski definition) is 2. The second-order valence-corrected chi connectivity index (χ2v) is 7.59. The fourth-order valence-corrected chi connectivity index (χ4v) is 4.74. The van der Waals surface area contributed by atoms with E-state index < -0.39 is 16.9 Å². The van der Waals surface area contributed by atoms with Gasteiger partial charge in [-0.2, -0.15) is 0 Å². The minimum atomic E-state index is -1.38. The lowest BCUT2D eigenvalue weighted by atomic mass is 9.95. The molecule has 1 aromatic carbocycles. The van der Waals surface area contributed by atoms with Gasteiger partial charge in [0.15, 0.2) is 0 Å². The summed E-state index contributed by atoms with van der Waals surface area (Å²) >= 11 is 7.37. The molecular formula is C15H19BrClN3O3S. The second-order valence-electron chi connectivity index (χ2n) is 5.98. The van der Waals surface area contributed by atoms with Crippen LogP contribution in [-0.2, 0) is 10.5 Å². The zero-order valence-corrected chi connectivity index (χ0v) is 16.5. The standard InChI is InChI=1S/C15H18ClN3O3S.BrH/c1-17-8-18(2)14-19(9-17)15(22,12(23-14)7-13(20)21)10-3-5-11(16)6-4-10;/h3-6,12,22H,7-9H2,1-2H3;1H. The van der Waals surface area contributed by atoms with Crippen molar-refractivity contribution in [3.05, 3.63) is 34.9 Å². The number of aliphatic hydroxyl groups is 1. The number of halogens is 2. The number of benzene rings is 1. The van der Waals surface area contributed by atoms with Crippen LogP contribution in [0, 0.1) is 0 Å². The van der Waals surface area contributed by atoms with Crippen molar-refractivity contribution in [1.82, 2.24) is 9.80 Å². The van der Waals surface area contributed by atoms with Crippen LogP contribution in [0.4, 0.5) is 0 Å². The van der Waals surface area contributed by atoms with Crippen molar-refractivity contribution in [3.8, 4) is 0 Å². The van der Waals surface area contributed by atoms with Crippen LogP contribution in [0.15, 0.2) is 24.3 Å². The summed E-state index contributed by atoms with van der Waals surface area (Å²) in [6, 6.07) is 6.95. The van der Waals surface area contributed by atoms with Crippen LogP contribution in [0.2, 0.25) is 5.02 Å². The van der Waals surface area contributed by atoms with E-state index in [2.05, 4.69) is 4.90 Å². The Morgan fingerprint density at radius 3 is 2.67 bits per heavy atom. The van der Waals surface area contributed by atoms with Gasteiger partial charge in [0.05, 0.1) is 13.5 Å². The molecule has 0 bridgehead atoms. The Bertz CT molecular complexity index is 672. The molecule has 1 fully saturated rings. The minimum absolute atomic E-state index is 0. The van der Waals surface area contributed by atoms with Gasteiger partial charge in [0.2, 0.25) is 5.72 Å². The van der Waals surface area contributed by atoms with Gasteiger partial charge in [-0.25, -0.2) is 14.4 Å². The zero-order valence-electron chi connectivity index (χ0n) is 13.3. The fourth-order valence-electron chi connectivity index (χ4n) is 3.15. The maximum Gasteiger partial charge on any atom is 0.313 e. The van der Waals surface area contributed by atoms with Crippen LogP contribution in [-0.4, -0.2) is 68.4 Å². The molecule has 2 N–H and O–H groups in total. The van der Waals surface area contributed by atoms with E-state index in [4.69, 9.17) is 11.6 Å². The van der Waals surface area contributed by atoms with Gasteiger partial charge < -0.3 is 27.2 Å². The van der Waals surface area contributed by atoms with Gasteiger partial charge >= 0.3 is 11.1 Å². The van der Waals surface area contributed by atoms with Crippen LogP contribution in [0.25, 0.3) is 0 Å². The molecule has 2 atom stereocenters. The van der Waals surface area contributed by atoms with E-state index >= 15 is 0 Å². The number of rotatable bonds is 3. The SMILES string of the molecule is CN1CN2C(=[N+](C)C1)SC(CC(=O)O)C2(O)c1ccc(Cl)cc1.[Br-]. The predicted molar refractivity (Wildman–Crippen MR) is 89.5 cm³/mol. The first-order chi connectivity index (χ1) is 10.8. The van der Waals surface area contributed by atoms with Gasteiger partial charge in [-0.3, -0.25) is 4.79 Å². The summed E-state index contributed by atoms with van der Waals surface area (Å²) < 4.78 is 2.02. The molecule has 0 saturated carbocycles. The number of carbonyl (C=O) groups is 1. The normalized spacial score (nSPS) is 27.0. The highest BCUT2D eigenvalue weighted by Gasteiger charge is 2.60. The van der Waals surface area contributed by atoms with Gasteiger partial charge in [0, 0.05) is 10.6 Å². The molecule has 3 rings (SSSR count). The second kappa shape index (κ2) is 7.21. The van der Waals surface area contributed by atoms with Crippen molar-refractivity contribution < 1.29 is 36.6 Å². The zero-order chi connectivity index (χ0) is 16.8. The summed E-state index contributed by atoms with van der Waals surface area (Å²) in [5.74, 6) is -0.925. The Labute approximate surface area is 160 Å². The molecule has 2 heterocycles. The third-order valence-corrected chi connectivity index (χ3v) is 5.91. The number of thioether (sulfide) groups is 1. The lowest BCUT2D eigenvalue weighted by Crippen LogP contribution is -3.00. The van der Waals surface area contributed by atoms with E-state index in [1.165, 1.54) is 11.8 Å². The molecular weight excluding hydrogens is 418 g/mol. The molecule has 0 aliphatic carbocycles. The predicted octanol–water partition coefficient (Wildman–Crippen LogP) is -1.76. The molecule has 2 aliphatic heterocycles. The monoisotopic (exact) mass is 435 g/mol. The Balaban J connectivity index is 0.00000208. The van der Waals surface area contributed by atoms with Crippen LogP contribution >= 0.6 is 23.4 Å². The van der Waals surface area contributed by atoms with Crippen molar-refractivity contribution in [2.75, 3.05) is 27.4 Å². The van der Waals surface area contributed by atoms with Gasteiger partial charge in [-0.05, 0) is 30.9 Å². The average Bonchev–Trinajstić information content (AvgIpc) is 2.74. The molecule has 1 saturated heterocycles. The Morgan fingerprint density at radius 2 is 2.08 bits per heavy atom. The Kier molecular flexibility index (Phi) is 5.87. The molecule has 6 nitrogen and oxygen atoms in total. The first kappa shape index (κ1) is 19.5. The number of nitrogens with zero attached hydrogens (tertiary/aromatic N) is 3. The van der Waals surface area contributed by atoms with E-state index in [-0.39, 0.29) is 23.4 Å². The number of hydrogen-bond acceptors (Lipinski definition) is 5. The Hall–Kier alpha value is -0.800. The lowest BCUT2D eigenvalue weighted by Gasteiger charge is -2.36. The van der Waals surface area contributed by atoms with Gasteiger partial charge in [0.1, 0.15) is 18.6 Å². The number of aliphatic carboxylic acids is 1. The van der Waals surface area contributed by atoms with Crippen molar-refractivity contribution in [2.24, 2.45) is 0 Å². The van der Waals surface area contributed by atoms with Crippen LogP contribution < -0.4 is 17.0 Å². The van der Waals surface area contributed by atoms with Crippen LogP contribution in [0.3, 0.4) is 0 Å². The van der Waals surface area contributed by atoms with Gasteiger partial charge in [-0.1, -0.05) is 23.7 Å².